The van der Waals surface area contributed by atoms with Gasteiger partial charge in [-0.15, -0.1) is 0 Å². The van der Waals surface area contributed by atoms with Gasteiger partial charge >= 0.3 is 0 Å². The Morgan fingerprint density at radius 1 is 1.36 bits per heavy atom. The first-order valence-corrected chi connectivity index (χ1v) is 5.10. The molecule has 3 N–H and O–H groups in total. The fourth-order valence-electron chi connectivity index (χ4n) is 1.48. The molecular formula is C9H20N4O. The van der Waals surface area contributed by atoms with Gasteiger partial charge in [0, 0.05) is 39.3 Å². The number of carbonyl (C=O) groups excluding carboxylic acids is 1. The molecule has 1 rings (SSSR count). The number of carbonyl (C=O) groups is 1. The molecule has 0 unspecified atom stereocenters. The van der Waals surface area contributed by atoms with Crippen LogP contribution in [0.3, 0.4) is 0 Å². The molecule has 5 heteroatoms. The van der Waals surface area contributed by atoms with E-state index in [-0.39, 0.29) is 5.91 Å². The fraction of sp³-hybridized carbons (Fsp3) is 0.889. The summed E-state index contributed by atoms with van der Waals surface area (Å²) in [4.78, 5) is 15.8. The van der Waals surface area contributed by atoms with E-state index in [9.17, 15) is 4.79 Å². The van der Waals surface area contributed by atoms with Crippen molar-refractivity contribution in [1.82, 2.24) is 15.1 Å². The lowest BCUT2D eigenvalue weighted by molar-refractivity contribution is -0.122. The van der Waals surface area contributed by atoms with E-state index in [4.69, 9.17) is 5.73 Å². The van der Waals surface area contributed by atoms with Gasteiger partial charge in [0.05, 0.1) is 6.54 Å². The minimum Gasteiger partial charge on any atom is -0.354 e. The lowest BCUT2D eigenvalue weighted by atomic mass is 10.3. The Morgan fingerprint density at radius 2 is 2.00 bits per heavy atom. The third-order valence-corrected chi connectivity index (χ3v) is 2.43. The number of amides is 1. The second-order valence-corrected chi connectivity index (χ2v) is 3.72. The number of likely N-dealkylation sites (N-methyl/N-ethyl adjacent to an activating group) is 1. The summed E-state index contributed by atoms with van der Waals surface area (Å²) in [5.74, 6) is 0.0833. The van der Waals surface area contributed by atoms with Gasteiger partial charge in [-0.3, -0.25) is 9.69 Å². The van der Waals surface area contributed by atoms with Gasteiger partial charge in [-0.1, -0.05) is 0 Å². The van der Waals surface area contributed by atoms with Crippen LogP contribution in [0.15, 0.2) is 0 Å². The summed E-state index contributed by atoms with van der Waals surface area (Å²) in [6, 6.07) is 0. The van der Waals surface area contributed by atoms with Crippen LogP contribution in [0.25, 0.3) is 0 Å². The van der Waals surface area contributed by atoms with E-state index in [1.807, 2.05) is 0 Å². The van der Waals surface area contributed by atoms with Crippen LogP contribution in [-0.2, 0) is 4.79 Å². The van der Waals surface area contributed by atoms with Gasteiger partial charge in [0.2, 0.25) is 5.91 Å². The minimum atomic E-state index is 0.0833. The smallest absolute Gasteiger partial charge is 0.234 e. The Kier molecular flexibility index (Phi) is 4.86. The lowest BCUT2D eigenvalue weighted by Gasteiger charge is -2.31. The van der Waals surface area contributed by atoms with Gasteiger partial charge in [0.25, 0.3) is 0 Å². The van der Waals surface area contributed by atoms with E-state index in [1.165, 1.54) is 0 Å². The predicted octanol–water partition coefficient (Wildman–Crippen LogP) is -1.69. The maximum atomic E-state index is 11.3. The molecule has 82 valence electrons. The SMILES string of the molecule is CN1CCN(CC(=O)NCCN)CC1. The number of nitrogens with two attached hydrogens (primary N) is 1. The van der Waals surface area contributed by atoms with Crippen molar-refractivity contribution in [3.8, 4) is 0 Å². The molecule has 0 spiro atoms. The summed E-state index contributed by atoms with van der Waals surface area (Å²) >= 11 is 0. The van der Waals surface area contributed by atoms with E-state index in [0.717, 1.165) is 26.2 Å². The highest BCUT2D eigenvalue weighted by Gasteiger charge is 2.15. The first kappa shape index (κ1) is 11.4. The molecule has 5 nitrogen and oxygen atoms in total. The summed E-state index contributed by atoms with van der Waals surface area (Å²) in [6.07, 6.45) is 0. The lowest BCUT2D eigenvalue weighted by Crippen LogP contribution is -2.48. The van der Waals surface area contributed by atoms with E-state index in [0.29, 0.717) is 19.6 Å². The Labute approximate surface area is 85.2 Å². The summed E-state index contributed by atoms with van der Waals surface area (Å²) in [6.45, 7) is 5.64. The van der Waals surface area contributed by atoms with Crippen molar-refractivity contribution in [1.29, 1.82) is 0 Å². The Morgan fingerprint density at radius 3 is 2.57 bits per heavy atom. The first-order valence-electron chi connectivity index (χ1n) is 5.10. The maximum absolute atomic E-state index is 11.3. The molecule has 1 saturated heterocycles. The summed E-state index contributed by atoms with van der Waals surface area (Å²) in [7, 11) is 2.10. The number of piperazine rings is 1. The van der Waals surface area contributed by atoms with Crippen molar-refractivity contribution in [3.63, 3.8) is 0 Å². The van der Waals surface area contributed by atoms with Crippen molar-refractivity contribution >= 4 is 5.91 Å². The van der Waals surface area contributed by atoms with Crippen molar-refractivity contribution in [3.05, 3.63) is 0 Å². The molecule has 1 fully saturated rings. The van der Waals surface area contributed by atoms with Crippen LogP contribution in [0.5, 0.6) is 0 Å². The van der Waals surface area contributed by atoms with Crippen molar-refractivity contribution < 1.29 is 4.79 Å². The minimum absolute atomic E-state index is 0.0833. The number of nitrogens with one attached hydrogen (secondary N) is 1. The normalized spacial score (nSPS) is 19.6. The van der Waals surface area contributed by atoms with E-state index < -0.39 is 0 Å². The van der Waals surface area contributed by atoms with Crippen LogP contribution < -0.4 is 11.1 Å². The zero-order valence-corrected chi connectivity index (χ0v) is 8.83. The Hall–Kier alpha value is -0.650. The van der Waals surface area contributed by atoms with E-state index in [2.05, 4.69) is 22.2 Å². The molecule has 14 heavy (non-hydrogen) atoms. The van der Waals surface area contributed by atoms with Gasteiger partial charge < -0.3 is 16.0 Å². The topological polar surface area (TPSA) is 61.6 Å². The largest absolute Gasteiger partial charge is 0.354 e. The highest BCUT2D eigenvalue weighted by atomic mass is 16.2. The quantitative estimate of drug-likeness (QED) is 0.568. The summed E-state index contributed by atoms with van der Waals surface area (Å²) < 4.78 is 0. The zero-order valence-electron chi connectivity index (χ0n) is 8.83. The highest BCUT2D eigenvalue weighted by molar-refractivity contribution is 5.77. The second kappa shape index (κ2) is 5.95. The monoisotopic (exact) mass is 200 g/mol. The van der Waals surface area contributed by atoms with Gasteiger partial charge in [-0.25, -0.2) is 0 Å². The maximum Gasteiger partial charge on any atom is 0.234 e. The average molecular weight is 200 g/mol. The molecule has 0 aliphatic carbocycles. The number of hydrogen-bond donors (Lipinski definition) is 2. The molecular weight excluding hydrogens is 180 g/mol. The first-order chi connectivity index (χ1) is 6.72. The molecule has 0 aromatic rings. The molecule has 0 aromatic carbocycles. The molecule has 0 bridgehead atoms. The fourth-order valence-corrected chi connectivity index (χ4v) is 1.48. The third kappa shape index (κ3) is 4.04. The van der Waals surface area contributed by atoms with E-state index >= 15 is 0 Å². The van der Waals surface area contributed by atoms with Crippen LogP contribution in [-0.4, -0.2) is 68.6 Å². The van der Waals surface area contributed by atoms with Crippen molar-refractivity contribution in [2.45, 2.75) is 0 Å². The number of rotatable bonds is 4. The van der Waals surface area contributed by atoms with Gasteiger partial charge in [0.15, 0.2) is 0 Å². The molecule has 0 radical (unpaired) electrons. The highest BCUT2D eigenvalue weighted by Crippen LogP contribution is 1.97. The average Bonchev–Trinajstić information content (AvgIpc) is 2.18. The van der Waals surface area contributed by atoms with Gasteiger partial charge in [-0.2, -0.15) is 0 Å². The molecule has 1 heterocycles. The molecule has 0 atom stereocenters. The van der Waals surface area contributed by atoms with Gasteiger partial charge in [-0.05, 0) is 7.05 Å². The van der Waals surface area contributed by atoms with Crippen LogP contribution >= 0.6 is 0 Å². The number of nitrogens with zero attached hydrogens (tertiary/aromatic N) is 2. The predicted molar refractivity (Wildman–Crippen MR) is 56.0 cm³/mol. The molecule has 0 saturated carbocycles. The van der Waals surface area contributed by atoms with Crippen molar-refractivity contribution in [2.75, 3.05) is 52.9 Å². The van der Waals surface area contributed by atoms with Crippen molar-refractivity contribution in [2.24, 2.45) is 5.73 Å². The van der Waals surface area contributed by atoms with Crippen LogP contribution in [0.4, 0.5) is 0 Å². The molecule has 1 aliphatic rings. The third-order valence-electron chi connectivity index (χ3n) is 2.43. The molecule has 1 aliphatic heterocycles. The molecule has 0 aromatic heterocycles. The standard InChI is InChI=1S/C9H20N4O/c1-12-4-6-13(7-5-12)8-9(14)11-3-2-10/h2-8,10H2,1H3,(H,11,14). The van der Waals surface area contributed by atoms with Crippen LogP contribution in [0.2, 0.25) is 0 Å². The number of hydrogen-bond acceptors (Lipinski definition) is 4. The Balaban J connectivity index is 2.14. The van der Waals surface area contributed by atoms with E-state index in [1.54, 1.807) is 0 Å². The Bertz CT molecular complexity index is 178. The van der Waals surface area contributed by atoms with Crippen LogP contribution in [0, 0.1) is 0 Å². The summed E-state index contributed by atoms with van der Waals surface area (Å²) in [5.41, 5.74) is 5.29. The van der Waals surface area contributed by atoms with Gasteiger partial charge in [0.1, 0.15) is 0 Å². The molecule has 1 amide bonds. The van der Waals surface area contributed by atoms with Crippen LogP contribution in [0.1, 0.15) is 0 Å². The summed E-state index contributed by atoms with van der Waals surface area (Å²) in [5, 5.41) is 2.77. The zero-order chi connectivity index (χ0) is 10.4. The second-order valence-electron chi connectivity index (χ2n) is 3.72.